The van der Waals surface area contributed by atoms with Crippen molar-refractivity contribution in [1.29, 1.82) is 0 Å². The van der Waals surface area contributed by atoms with E-state index >= 15 is 0 Å². The molecule has 68 valence electrons. The number of hydrogen-bond donors (Lipinski definition) is 1. The quantitative estimate of drug-likeness (QED) is 0.449. The fraction of sp³-hybridized carbons (Fsp3) is 0.100. The third-order valence-electron chi connectivity index (χ3n) is 1.66. The molecule has 1 N–H and O–H groups in total. The fourth-order valence-electron chi connectivity index (χ4n) is 0.960. The molecule has 0 amide bonds. The number of allylic oxidation sites excluding steroid dienone is 1. The fourth-order valence-corrected chi connectivity index (χ4v) is 1.09. The molecule has 1 aromatic carbocycles. The highest BCUT2D eigenvalue weighted by molar-refractivity contribution is 6.30. The molecule has 1 aromatic rings. The Bertz CT molecular complexity index is 316. The number of halogens is 1. The van der Waals surface area contributed by atoms with Gasteiger partial charge in [0, 0.05) is 11.4 Å². The summed E-state index contributed by atoms with van der Waals surface area (Å²) in [5.74, 6) is 0. The Morgan fingerprint density at radius 1 is 1.46 bits per heavy atom. The van der Waals surface area contributed by atoms with Gasteiger partial charge >= 0.3 is 0 Å². The second-order valence-electron chi connectivity index (χ2n) is 2.60. The molecule has 0 aliphatic rings. The molecule has 0 saturated carbocycles. The molecule has 0 aliphatic carbocycles. The molecule has 0 unspecified atom stereocenters. The Morgan fingerprint density at radius 3 is 2.54 bits per heavy atom. The lowest BCUT2D eigenvalue weighted by Gasteiger charge is -1.99. The molecule has 13 heavy (non-hydrogen) atoms. The van der Waals surface area contributed by atoms with Gasteiger partial charge in [-0.2, -0.15) is 0 Å². The van der Waals surface area contributed by atoms with Crippen molar-refractivity contribution >= 4 is 17.3 Å². The van der Waals surface area contributed by atoms with Crippen molar-refractivity contribution in [3.8, 4) is 0 Å². The van der Waals surface area contributed by atoms with Gasteiger partial charge in [0.25, 0.3) is 0 Å². The average Bonchev–Trinajstić information content (AvgIpc) is 2.17. The summed E-state index contributed by atoms with van der Waals surface area (Å²) in [6, 6.07) is 7.37. The minimum atomic E-state index is 0.544. The third kappa shape index (κ3) is 2.92. The lowest BCUT2D eigenvalue weighted by atomic mass is 10.1. The van der Waals surface area contributed by atoms with Gasteiger partial charge in [0.15, 0.2) is 0 Å². The zero-order chi connectivity index (χ0) is 9.68. The van der Waals surface area contributed by atoms with E-state index < -0.39 is 0 Å². The highest BCUT2D eigenvalue weighted by Gasteiger charge is 1.97. The van der Waals surface area contributed by atoms with E-state index in [4.69, 9.17) is 16.8 Å². The SMILES string of the molecule is C=CC(Cc1ccc(Cl)cc1)=NO. The summed E-state index contributed by atoms with van der Waals surface area (Å²) in [4.78, 5) is 0. The van der Waals surface area contributed by atoms with Crippen molar-refractivity contribution < 1.29 is 5.21 Å². The van der Waals surface area contributed by atoms with Gasteiger partial charge in [0.1, 0.15) is 0 Å². The lowest BCUT2D eigenvalue weighted by molar-refractivity contribution is 0.318. The molecule has 0 atom stereocenters. The highest BCUT2D eigenvalue weighted by Crippen LogP contribution is 2.10. The third-order valence-corrected chi connectivity index (χ3v) is 1.91. The van der Waals surface area contributed by atoms with Gasteiger partial charge in [-0.15, -0.1) is 0 Å². The van der Waals surface area contributed by atoms with Crippen LogP contribution in [-0.4, -0.2) is 10.9 Å². The van der Waals surface area contributed by atoms with E-state index in [0.29, 0.717) is 17.2 Å². The van der Waals surface area contributed by atoms with E-state index in [1.165, 1.54) is 6.08 Å². The van der Waals surface area contributed by atoms with Gasteiger partial charge in [0.2, 0.25) is 0 Å². The maximum absolute atomic E-state index is 8.53. The van der Waals surface area contributed by atoms with Crippen LogP contribution in [0, 0.1) is 0 Å². The molecule has 0 aliphatic heterocycles. The largest absolute Gasteiger partial charge is 0.411 e. The molecule has 2 nitrogen and oxygen atoms in total. The maximum atomic E-state index is 8.53. The number of nitrogens with zero attached hydrogens (tertiary/aromatic N) is 1. The van der Waals surface area contributed by atoms with Crippen molar-refractivity contribution in [2.75, 3.05) is 0 Å². The average molecular weight is 196 g/mol. The summed E-state index contributed by atoms with van der Waals surface area (Å²) >= 11 is 5.72. The molecular weight excluding hydrogens is 186 g/mol. The van der Waals surface area contributed by atoms with Gasteiger partial charge in [-0.1, -0.05) is 35.5 Å². The summed E-state index contributed by atoms with van der Waals surface area (Å²) in [6.45, 7) is 3.53. The van der Waals surface area contributed by atoms with Crippen LogP contribution < -0.4 is 0 Å². The molecule has 3 heteroatoms. The van der Waals surface area contributed by atoms with E-state index in [9.17, 15) is 0 Å². The predicted molar refractivity (Wildman–Crippen MR) is 54.6 cm³/mol. The number of oxime groups is 1. The summed E-state index contributed by atoms with van der Waals surface area (Å²) in [7, 11) is 0. The normalized spacial score (nSPS) is 11.3. The molecule has 0 aromatic heterocycles. The first kappa shape index (κ1) is 9.81. The molecule has 0 radical (unpaired) electrons. The second-order valence-corrected chi connectivity index (χ2v) is 3.04. The molecular formula is C10H10ClNO. The first-order valence-electron chi connectivity index (χ1n) is 3.84. The van der Waals surface area contributed by atoms with Gasteiger partial charge < -0.3 is 5.21 Å². The minimum absolute atomic E-state index is 0.544. The number of rotatable bonds is 3. The molecule has 0 saturated heterocycles. The van der Waals surface area contributed by atoms with E-state index in [-0.39, 0.29) is 0 Å². The molecule has 1 rings (SSSR count). The Morgan fingerprint density at radius 2 is 2.08 bits per heavy atom. The summed E-state index contributed by atoms with van der Waals surface area (Å²) < 4.78 is 0. The summed E-state index contributed by atoms with van der Waals surface area (Å²) in [6.07, 6.45) is 2.09. The lowest BCUT2D eigenvalue weighted by Crippen LogP contribution is -1.98. The van der Waals surface area contributed by atoms with Crippen molar-refractivity contribution in [3.05, 3.63) is 47.5 Å². The zero-order valence-corrected chi connectivity index (χ0v) is 7.83. The Kier molecular flexibility index (Phi) is 3.53. The molecule has 0 fully saturated rings. The molecule has 0 spiro atoms. The number of benzene rings is 1. The van der Waals surface area contributed by atoms with Crippen LogP contribution in [0.5, 0.6) is 0 Å². The van der Waals surface area contributed by atoms with Crippen LogP contribution in [0.1, 0.15) is 5.56 Å². The summed E-state index contributed by atoms with van der Waals surface area (Å²) in [5, 5.41) is 12.3. The van der Waals surface area contributed by atoms with Gasteiger partial charge in [-0.25, -0.2) is 0 Å². The van der Waals surface area contributed by atoms with Gasteiger partial charge in [-0.3, -0.25) is 0 Å². The molecule has 0 heterocycles. The Hall–Kier alpha value is -1.28. The second kappa shape index (κ2) is 4.67. The standard InChI is InChI=1S/C10H10ClNO/c1-2-10(12-13)7-8-3-5-9(11)6-4-8/h2-6,13H,1,7H2. The van der Waals surface area contributed by atoms with Crippen LogP contribution in [0.2, 0.25) is 5.02 Å². The van der Waals surface area contributed by atoms with Crippen LogP contribution in [0.25, 0.3) is 0 Å². The maximum Gasteiger partial charge on any atom is 0.0833 e. The Labute approximate surface area is 82.1 Å². The minimum Gasteiger partial charge on any atom is -0.411 e. The highest BCUT2D eigenvalue weighted by atomic mass is 35.5. The monoisotopic (exact) mass is 195 g/mol. The topological polar surface area (TPSA) is 32.6 Å². The van der Waals surface area contributed by atoms with Crippen molar-refractivity contribution in [3.63, 3.8) is 0 Å². The van der Waals surface area contributed by atoms with Crippen LogP contribution in [0.4, 0.5) is 0 Å². The first-order chi connectivity index (χ1) is 6.26. The Balaban J connectivity index is 2.74. The summed E-state index contributed by atoms with van der Waals surface area (Å²) in [5.41, 5.74) is 1.58. The van der Waals surface area contributed by atoms with Crippen LogP contribution in [-0.2, 0) is 6.42 Å². The smallest absolute Gasteiger partial charge is 0.0833 e. The predicted octanol–water partition coefficient (Wildman–Crippen LogP) is 2.90. The van der Waals surface area contributed by atoms with Gasteiger partial charge in [-0.05, 0) is 23.8 Å². The van der Waals surface area contributed by atoms with Gasteiger partial charge in [0.05, 0.1) is 5.71 Å². The van der Waals surface area contributed by atoms with Crippen molar-refractivity contribution in [2.45, 2.75) is 6.42 Å². The first-order valence-corrected chi connectivity index (χ1v) is 4.22. The zero-order valence-electron chi connectivity index (χ0n) is 7.07. The molecule has 0 bridgehead atoms. The van der Waals surface area contributed by atoms with Crippen LogP contribution in [0.3, 0.4) is 0 Å². The van der Waals surface area contributed by atoms with E-state index in [1.54, 1.807) is 12.1 Å². The van der Waals surface area contributed by atoms with Crippen LogP contribution in [0.15, 0.2) is 42.1 Å². The van der Waals surface area contributed by atoms with E-state index in [0.717, 1.165) is 5.56 Å². The van der Waals surface area contributed by atoms with Crippen LogP contribution >= 0.6 is 11.6 Å². The number of hydrogen-bond acceptors (Lipinski definition) is 2. The van der Waals surface area contributed by atoms with Crippen molar-refractivity contribution in [1.82, 2.24) is 0 Å². The van der Waals surface area contributed by atoms with E-state index in [1.807, 2.05) is 12.1 Å². The van der Waals surface area contributed by atoms with Crippen molar-refractivity contribution in [2.24, 2.45) is 5.16 Å². The van der Waals surface area contributed by atoms with E-state index in [2.05, 4.69) is 11.7 Å².